The normalized spacial score (nSPS) is 12.1. The lowest BCUT2D eigenvalue weighted by molar-refractivity contribution is 0.281. The molecule has 0 aliphatic carbocycles. The van der Waals surface area contributed by atoms with Gasteiger partial charge in [0.25, 0.3) is 0 Å². The van der Waals surface area contributed by atoms with Crippen molar-refractivity contribution >= 4 is 39.9 Å². The molecule has 2 heterocycles. The first-order valence-corrected chi connectivity index (χ1v) is 20.5. The molecule has 54 heavy (non-hydrogen) atoms. The van der Waals surface area contributed by atoms with Gasteiger partial charge in [-0.05, 0) is 84.5 Å². The number of ether oxygens (including phenoxy) is 1. The van der Waals surface area contributed by atoms with Crippen LogP contribution in [0.3, 0.4) is 0 Å². The molecule has 0 unspecified atom stereocenters. The number of benzene rings is 8. The van der Waals surface area contributed by atoms with Gasteiger partial charge in [-0.25, -0.2) is 4.98 Å². The minimum atomic E-state index is -2.93. The summed E-state index contributed by atoms with van der Waals surface area (Å²) in [5, 5.41) is 5.34. The smallest absolute Gasteiger partial charge is 0.179 e. The average Bonchev–Trinajstić information content (AvgIpc) is 3.65. The van der Waals surface area contributed by atoms with E-state index in [1.54, 1.807) is 0 Å². The number of para-hydroxylation sites is 2. The van der Waals surface area contributed by atoms with Gasteiger partial charge in [-0.1, -0.05) is 176 Å². The Morgan fingerprint density at radius 2 is 0.926 bits per heavy atom. The topological polar surface area (TPSA) is 27.1 Å². The Bertz CT molecular complexity index is 2660. The van der Waals surface area contributed by atoms with E-state index in [0.29, 0.717) is 6.61 Å². The quantitative estimate of drug-likeness (QED) is 0.122. The number of aromatic nitrogens is 2. The first kappa shape index (κ1) is 31.9. The molecule has 0 spiro atoms. The molecule has 0 saturated heterocycles. The molecule has 3 nitrogen and oxygen atoms in total. The summed E-state index contributed by atoms with van der Waals surface area (Å²) in [6, 6.07) is 75.4. The summed E-state index contributed by atoms with van der Waals surface area (Å²) < 4.78 is 8.62. The van der Waals surface area contributed by atoms with Crippen LogP contribution in [0, 0.1) is 0 Å². The summed E-state index contributed by atoms with van der Waals surface area (Å²) in [6.07, 6.45) is 0. The summed E-state index contributed by atoms with van der Waals surface area (Å²) in [5.41, 5.74) is 10.2. The fraction of sp³-hybridized carbons (Fsp3) is 0.0200. The highest BCUT2D eigenvalue weighted by atomic mass is 28.3. The molecule has 0 radical (unpaired) electrons. The van der Waals surface area contributed by atoms with Crippen molar-refractivity contribution in [1.82, 2.24) is 9.55 Å². The van der Waals surface area contributed by atoms with Gasteiger partial charge in [0.15, 0.2) is 13.9 Å². The van der Waals surface area contributed by atoms with E-state index < -0.39 is 8.07 Å². The predicted molar refractivity (Wildman–Crippen MR) is 225 cm³/mol. The van der Waals surface area contributed by atoms with Crippen LogP contribution in [-0.4, -0.2) is 17.6 Å². The number of imidazole rings is 1. The molecule has 9 aromatic rings. The zero-order valence-electron chi connectivity index (χ0n) is 29.6. The van der Waals surface area contributed by atoms with E-state index in [2.05, 4.69) is 205 Å². The van der Waals surface area contributed by atoms with Gasteiger partial charge in [0.1, 0.15) is 12.4 Å². The highest BCUT2D eigenvalue weighted by Crippen LogP contribution is 2.36. The molecule has 1 aliphatic heterocycles. The standard InChI is InChI=1S/C50H36N2OSi/c1-5-16-36(17-6-1)40-30-41(37-18-7-2-8-19-37)33-45(32-40)54(42-21-9-3-10-22-42,43-23-11-4-12-24-43)44-25-15-20-38(31-44)39-28-29-48-49(34-39)53-35-50-51-46-26-13-14-27-47(46)52(48)50/h1-34H,35H2. The van der Waals surface area contributed by atoms with E-state index in [-0.39, 0.29) is 0 Å². The molecule has 4 heteroatoms. The summed E-state index contributed by atoms with van der Waals surface area (Å²) in [6.45, 7) is 0.435. The molecule has 0 fully saturated rings. The van der Waals surface area contributed by atoms with E-state index in [4.69, 9.17) is 9.72 Å². The SMILES string of the molecule is c1ccc(-c2cc(-c3ccccc3)cc([Si](c3ccccc3)(c3ccccc3)c3cccc(-c4ccc5c(c4)OCc4nc6ccccc6n4-5)c3)c2)cc1. The molecule has 0 saturated carbocycles. The predicted octanol–water partition coefficient (Wildman–Crippen LogP) is 9.30. The van der Waals surface area contributed by atoms with Crippen molar-refractivity contribution in [3.63, 3.8) is 0 Å². The second kappa shape index (κ2) is 13.3. The second-order valence-electron chi connectivity index (χ2n) is 13.9. The molecule has 10 rings (SSSR count). The average molecular weight is 709 g/mol. The van der Waals surface area contributed by atoms with E-state index in [1.807, 2.05) is 6.07 Å². The summed E-state index contributed by atoms with van der Waals surface area (Å²) in [7, 11) is -2.93. The molecule has 8 aromatic carbocycles. The highest BCUT2D eigenvalue weighted by Gasteiger charge is 2.42. The summed E-state index contributed by atoms with van der Waals surface area (Å²) in [4.78, 5) is 4.85. The Morgan fingerprint density at radius 1 is 0.407 bits per heavy atom. The zero-order chi connectivity index (χ0) is 35.9. The molecular formula is C50H36N2OSi. The number of rotatable bonds is 7. The number of fused-ring (bicyclic) bond motifs is 5. The minimum absolute atomic E-state index is 0.435. The third kappa shape index (κ3) is 5.39. The van der Waals surface area contributed by atoms with Gasteiger partial charge in [0.2, 0.25) is 0 Å². The van der Waals surface area contributed by atoms with Crippen LogP contribution in [0.5, 0.6) is 5.75 Å². The minimum Gasteiger partial charge on any atom is -0.483 e. The van der Waals surface area contributed by atoms with Crippen molar-refractivity contribution in [2.24, 2.45) is 0 Å². The van der Waals surface area contributed by atoms with Gasteiger partial charge in [-0.2, -0.15) is 0 Å². The van der Waals surface area contributed by atoms with Crippen LogP contribution in [0.25, 0.3) is 50.1 Å². The molecule has 1 aromatic heterocycles. The van der Waals surface area contributed by atoms with Crippen LogP contribution in [0.4, 0.5) is 0 Å². The van der Waals surface area contributed by atoms with E-state index in [9.17, 15) is 0 Å². The molecule has 0 atom stereocenters. The van der Waals surface area contributed by atoms with Crippen molar-refractivity contribution in [1.29, 1.82) is 0 Å². The van der Waals surface area contributed by atoms with Crippen LogP contribution in [-0.2, 0) is 6.61 Å². The maximum atomic E-state index is 6.38. The maximum Gasteiger partial charge on any atom is 0.179 e. The van der Waals surface area contributed by atoms with Crippen molar-refractivity contribution in [3.8, 4) is 44.8 Å². The van der Waals surface area contributed by atoms with Crippen molar-refractivity contribution in [3.05, 3.63) is 212 Å². The zero-order valence-corrected chi connectivity index (χ0v) is 30.6. The Morgan fingerprint density at radius 3 is 1.57 bits per heavy atom. The number of hydrogen-bond donors (Lipinski definition) is 0. The van der Waals surface area contributed by atoms with Crippen molar-refractivity contribution in [2.75, 3.05) is 0 Å². The molecule has 1 aliphatic rings. The Kier molecular flexibility index (Phi) is 7.89. The van der Waals surface area contributed by atoms with Crippen molar-refractivity contribution in [2.45, 2.75) is 6.61 Å². The Balaban J connectivity index is 1.21. The molecule has 0 amide bonds. The third-order valence-electron chi connectivity index (χ3n) is 10.8. The highest BCUT2D eigenvalue weighted by molar-refractivity contribution is 7.20. The van der Waals surface area contributed by atoms with Crippen LogP contribution in [0.1, 0.15) is 5.82 Å². The Hall–Kier alpha value is -6.75. The van der Waals surface area contributed by atoms with Gasteiger partial charge in [0, 0.05) is 0 Å². The number of hydrogen-bond acceptors (Lipinski definition) is 2. The first-order valence-electron chi connectivity index (χ1n) is 18.5. The van der Waals surface area contributed by atoms with Crippen molar-refractivity contribution < 1.29 is 4.74 Å². The molecule has 0 bridgehead atoms. The van der Waals surface area contributed by atoms with Gasteiger partial charge in [0.05, 0.1) is 16.7 Å². The fourth-order valence-corrected chi connectivity index (χ4v) is 13.2. The summed E-state index contributed by atoms with van der Waals surface area (Å²) >= 11 is 0. The van der Waals surface area contributed by atoms with Gasteiger partial charge >= 0.3 is 0 Å². The van der Waals surface area contributed by atoms with Gasteiger partial charge in [-0.3, -0.25) is 4.57 Å². The van der Waals surface area contributed by atoms with Gasteiger partial charge < -0.3 is 4.74 Å². The molecule has 0 N–H and O–H groups in total. The fourth-order valence-electron chi connectivity index (χ4n) is 8.32. The van der Waals surface area contributed by atoms with E-state index in [0.717, 1.165) is 39.4 Å². The largest absolute Gasteiger partial charge is 0.483 e. The Labute approximate surface area is 316 Å². The monoisotopic (exact) mass is 708 g/mol. The number of nitrogens with zero attached hydrogens (tertiary/aromatic N) is 2. The van der Waals surface area contributed by atoms with Crippen LogP contribution >= 0.6 is 0 Å². The third-order valence-corrected chi connectivity index (χ3v) is 15.5. The van der Waals surface area contributed by atoms with Crippen LogP contribution in [0.2, 0.25) is 0 Å². The summed E-state index contributed by atoms with van der Waals surface area (Å²) in [5.74, 6) is 1.79. The van der Waals surface area contributed by atoms with E-state index in [1.165, 1.54) is 43.0 Å². The first-order chi connectivity index (χ1) is 26.8. The van der Waals surface area contributed by atoms with E-state index >= 15 is 0 Å². The lowest BCUT2D eigenvalue weighted by Crippen LogP contribution is -2.74. The van der Waals surface area contributed by atoms with Gasteiger partial charge in [-0.15, -0.1) is 0 Å². The molecule has 256 valence electrons. The maximum absolute atomic E-state index is 6.38. The second-order valence-corrected chi connectivity index (χ2v) is 17.7. The van der Waals surface area contributed by atoms with Crippen LogP contribution < -0.4 is 25.5 Å². The lowest BCUT2D eigenvalue weighted by atomic mass is 9.99. The molecular weight excluding hydrogens is 673 g/mol. The van der Waals surface area contributed by atoms with Crippen LogP contribution in [0.15, 0.2) is 206 Å². The lowest BCUT2D eigenvalue weighted by Gasteiger charge is -2.35.